The molecule has 0 unspecified atom stereocenters. The zero-order valence-electron chi connectivity index (χ0n) is 14.1. The minimum Gasteiger partial charge on any atom is -0.342 e. The van der Waals surface area contributed by atoms with E-state index in [0.717, 1.165) is 19.4 Å². The summed E-state index contributed by atoms with van der Waals surface area (Å²) >= 11 is 0. The summed E-state index contributed by atoms with van der Waals surface area (Å²) in [5.41, 5.74) is 0. The molecule has 2 saturated heterocycles. The summed E-state index contributed by atoms with van der Waals surface area (Å²) in [6, 6.07) is -0.103. The van der Waals surface area contributed by atoms with Gasteiger partial charge in [0.25, 0.3) is 0 Å². The first-order valence-electron chi connectivity index (χ1n) is 9.06. The van der Waals surface area contributed by atoms with E-state index in [4.69, 9.17) is 4.52 Å². The fourth-order valence-corrected chi connectivity index (χ4v) is 3.81. The summed E-state index contributed by atoms with van der Waals surface area (Å²) in [7, 11) is 0. The molecule has 2 aliphatic heterocycles. The van der Waals surface area contributed by atoms with Crippen molar-refractivity contribution in [3.05, 3.63) is 11.7 Å². The van der Waals surface area contributed by atoms with Gasteiger partial charge >= 0.3 is 0 Å². The lowest BCUT2D eigenvalue weighted by Gasteiger charge is -2.25. The van der Waals surface area contributed by atoms with Crippen LogP contribution in [0, 0.1) is 11.8 Å². The molecule has 2 atom stereocenters. The molecule has 1 aromatic rings. The van der Waals surface area contributed by atoms with Crippen LogP contribution < -0.4 is 0 Å². The van der Waals surface area contributed by atoms with Crippen LogP contribution in [0.4, 0.5) is 0 Å². The van der Waals surface area contributed by atoms with Gasteiger partial charge < -0.3 is 14.3 Å². The second kappa shape index (κ2) is 6.18. The maximum atomic E-state index is 13.0. The van der Waals surface area contributed by atoms with E-state index in [0.29, 0.717) is 43.6 Å². The van der Waals surface area contributed by atoms with Gasteiger partial charge in [-0.05, 0) is 31.6 Å². The topological polar surface area (TPSA) is 79.5 Å². The minimum absolute atomic E-state index is 0.0759. The summed E-state index contributed by atoms with van der Waals surface area (Å²) in [5, 5.41) is 4.05. The first-order valence-corrected chi connectivity index (χ1v) is 9.06. The van der Waals surface area contributed by atoms with E-state index in [1.165, 1.54) is 12.8 Å². The van der Waals surface area contributed by atoms with Gasteiger partial charge in [0, 0.05) is 32.5 Å². The molecule has 0 N–H and O–H groups in total. The average molecular weight is 332 g/mol. The Labute approximate surface area is 141 Å². The molecule has 0 spiro atoms. The van der Waals surface area contributed by atoms with Gasteiger partial charge in [-0.1, -0.05) is 12.1 Å². The lowest BCUT2D eigenvalue weighted by molar-refractivity contribution is -0.136. The number of nitrogens with zero attached hydrogens (tertiary/aromatic N) is 4. The molecule has 0 aromatic carbocycles. The van der Waals surface area contributed by atoms with E-state index in [2.05, 4.69) is 10.1 Å². The van der Waals surface area contributed by atoms with Crippen LogP contribution in [0.3, 0.4) is 0 Å². The second-order valence-electron chi connectivity index (χ2n) is 7.23. The van der Waals surface area contributed by atoms with Crippen molar-refractivity contribution in [3.63, 3.8) is 0 Å². The third-order valence-electron chi connectivity index (χ3n) is 5.36. The van der Waals surface area contributed by atoms with Crippen molar-refractivity contribution in [2.24, 2.45) is 11.8 Å². The summed E-state index contributed by atoms with van der Waals surface area (Å²) in [6.45, 7) is 4.08. The van der Waals surface area contributed by atoms with Crippen molar-refractivity contribution in [2.45, 2.75) is 51.5 Å². The van der Waals surface area contributed by atoms with Gasteiger partial charge in [-0.2, -0.15) is 4.98 Å². The molecule has 3 aliphatic rings. The van der Waals surface area contributed by atoms with E-state index >= 15 is 0 Å². The molecule has 0 radical (unpaired) electrons. The van der Waals surface area contributed by atoms with E-state index in [-0.39, 0.29) is 23.8 Å². The Hall–Kier alpha value is -1.92. The van der Waals surface area contributed by atoms with Crippen LogP contribution >= 0.6 is 0 Å². The molecule has 1 aliphatic carbocycles. The third kappa shape index (κ3) is 2.91. The third-order valence-corrected chi connectivity index (χ3v) is 5.36. The van der Waals surface area contributed by atoms with Crippen LogP contribution in [-0.4, -0.2) is 51.4 Å². The number of hydrogen-bond donors (Lipinski definition) is 0. The number of aryl methyl sites for hydroxylation is 1. The molecule has 4 rings (SSSR count). The summed E-state index contributed by atoms with van der Waals surface area (Å²) in [5.74, 6) is 1.87. The first kappa shape index (κ1) is 15.6. The highest BCUT2D eigenvalue weighted by Crippen LogP contribution is 2.35. The lowest BCUT2D eigenvalue weighted by atomic mass is 10.1. The van der Waals surface area contributed by atoms with E-state index in [9.17, 15) is 9.59 Å². The predicted octanol–water partition coefficient (Wildman–Crippen LogP) is 1.55. The van der Waals surface area contributed by atoms with Crippen LogP contribution in [0.5, 0.6) is 0 Å². The van der Waals surface area contributed by atoms with Crippen LogP contribution in [0.2, 0.25) is 0 Å². The standard InChI is InChI=1S/C17H24N4O3/c1-2-14-18-16(19-24-14)13-4-3-7-21(13)17(23)12-8-15(22)20(10-12)9-11-5-6-11/h11-13H,2-10H2,1H3/t12-,13-/m0/s1. The fourth-order valence-electron chi connectivity index (χ4n) is 3.81. The number of carbonyl (C=O) groups excluding carboxylic acids is 2. The SMILES string of the molecule is CCc1nc([C@@H]2CCCN2C(=O)[C@H]2CC(=O)N(CC3CC3)C2)no1. The van der Waals surface area contributed by atoms with Crippen LogP contribution in [0.15, 0.2) is 4.52 Å². The Morgan fingerprint density at radius 3 is 2.88 bits per heavy atom. The molecular formula is C17H24N4O3. The quantitative estimate of drug-likeness (QED) is 0.817. The predicted molar refractivity (Wildman–Crippen MR) is 84.8 cm³/mol. The number of amides is 2. The van der Waals surface area contributed by atoms with Crippen molar-refractivity contribution in [3.8, 4) is 0 Å². The molecular weight excluding hydrogens is 308 g/mol. The molecule has 24 heavy (non-hydrogen) atoms. The van der Waals surface area contributed by atoms with Gasteiger partial charge in [0.15, 0.2) is 5.82 Å². The molecule has 7 heteroatoms. The zero-order valence-corrected chi connectivity index (χ0v) is 14.1. The van der Waals surface area contributed by atoms with Gasteiger partial charge in [0.05, 0.1) is 12.0 Å². The molecule has 7 nitrogen and oxygen atoms in total. The molecule has 2 amide bonds. The summed E-state index contributed by atoms with van der Waals surface area (Å²) in [4.78, 5) is 33.3. The fraction of sp³-hybridized carbons (Fsp3) is 0.765. The number of aromatic nitrogens is 2. The number of hydrogen-bond acceptors (Lipinski definition) is 5. The Kier molecular flexibility index (Phi) is 4.02. The van der Waals surface area contributed by atoms with Gasteiger partial charge in [0.2, 0.25) is 17.7 Å². The number of carbonyl (C=O) groups is 2. The van der Waals surface area contributed by atoms with Crippen molar-refractivity contribution >= 4 is 11.8 Å². The zero-order chi connectivity index (χ0) is 16.7. The van der Waals surface area contributed by atoms with Crippen LogP contribution in [-0.2, 0) is 16.0 Å². The summed E-state index contributed by atoms with van der Waals surface area (Å²) in [6.07, 6.45) is 5.28. The maximum Gasteiger partial charge on any atom is 0.228 e. The highest BCUT2D eigenvalue weighted by atomic mass is 16.5. The van der Waals surface area contributed by atoms with Gasteiger partial charge in [-0.25, -0.2) is 0 Å². The number of likely N-dealkylation sites (tertiary alicyclic amines) is 2. The average Bonchev–Trinajstić information content (AvgIpc) is 3.00. The van der Waals surface area contributed by atoms with Gasteiger partial charge in [0.1, 0.15) is 0 Å². The van der Waals surface area contributed by atoms with Crippen molar-refractivity contribution in [2.75, 3.05) is 19.6 Å². The highest BCUT2D eigenvalue weighted by molar-refractivity contribution is 5.89. The Morgan fingerprint density at radius 1 is 1.33 bits per heavy atom. The second-order valence-corrected chi connectivity index (χ2v) is 7.23. The Bertz CT molecular complexity index is 640. The van der Waals surface area contributed by atoms with E-state index in [1.54, 1.807) is 0 Å². The van der Waals surface area contributed by atoms with Gasteiger partial charge in [-0.15, -0.1) is 0 Å². The van der Waals surface area contributed by atoms with Crippen molar-refractivity contribution in [1.82, 2.24) is 19.9 Å². The lowest BCUT2D eigenvalue weighted by Crippen LogP contribution is -2.37. The van der Waals surface area contributed by atoms with Crippen molar-refractivity contribution in [1.29, 1.82) is 0 Å². The Balaban J connectivity index is 1.44. The van der Waals surface area contributed by atoms with Crippen LogP contribution in [0.1, 0.15) is 56.8 Å². The van der Waals surface area contributed by atoms with E-state index in [1.807, 2.05) is 16.7 Å². The molecule has 130 valence electrons. The largest absolute Gasteiger partial charge is 0.342 e. The van der Waals surface area contributed by atoms with Crippen LogP contribution in [0.25, 0.3) is 0 Å². The molecule has 1 saturated carbocycles. The highest BCUT2D eigenvalue weighted by Gasteiger charge is 2.42. The smallest absolute Gasteiger partial charge is 0.228 e. The van der Waals surface area contributed by atoms with E-state index < -0.39 is 0 Å². The minimum atomic E-state index is -0.214. The first-order chi connectivity index (χ1) is 11.7. The monoisotopic (exact) mass is 332 g/mol. The summed E-state index contributed by atoms with van der Waals surface area (Å²) < 4.78 is 5.20. The molecule has 1 aromatic heterocycles. The molecule has 0 bridgehead atoms. The Morgan fingerprint density at radius 2 is 2.17 bits per heavy atom. The molecule has 3 fully saturated rings. The van der Waals surface area contributed by atoms with Crippen molar-refractivity contribution < 1.29 is 14.1 Å². The maximum absolute atomic E-state index is 13.0. The normalized spacial score (nSPS) is 27.3. The van der Waals surface area contributed by atoms with Gasteiger partial charge in [-0.3, -0.25) is 9.59 Å². The number of rotatable bonds is 5. The molecule has 3 heterocycles.